The predicted octanol–water partition coefficient (Wildman–Crippen LogP) is 5.93. The van der Waals surface area contributed by atoms with E-state index < -0.39 is 0 Å². The van der Waals surface area contributed by atoms with E-state index in [1.165, 1.54) is 21.5 Å². The van der Waals surface area contributed by atoms with Gasteiger partial charge >= 0.3 is 0 Å². The molecule has 0 bridgehead atoms. The number of para-hydroxylation sites is 1. The average molecular weight is 361 g/mol. The smallest absolute Gasteiger partial charge is 0.188 e. The van der Waals surface area contributed by atoms with Crippen LogP contribution in [-0.2, 0) is 12.8 Å². The summed E-state index contributed by atoms with van der Waals surface area (Å²) in [6, 6.07) is 12.7. The summed E-state index contributed by atoms with van der Waals surface area (Å²) in [7, 11) is 0. The van der Waals surface area contributed by atoms with Crippen LogP contribution in [0.4, 0.5) is 10.8 Å². The molecule has 3 aromatic rings. The molecule has 0 atom stereocenters. The molecule has 0 aliphatic carbocycles. The molecule has 0 aliphatic rings. The van der Waals surface area contributed by atoms with Crippen LogP contribution < -0.4 is 5.32 Å². The molecule has 1 heterocycles. The number of halogens is 1. The summed E-state index contributed by atoms with van der Waals surface area (Å²) < 4.78 is 2.28. The number of aromatic nitrogens is 1. The van der Waals surface area contributed by atoms with Crippen molar-refractivity contribution in [2.24, 2.45) is 0 Å². The first-order valence-electron chi connectivity index (χ1n) is 7.15. The first kappa shape index (κ1) is 14.5. The van der Waals surface area contributed by atoms with E-state index in [2.05, 4.69) is 64.3 Å². The summed E-state index contributed by atoms with van der Waals surface area (Å²) in [5.41, 5.74) is 4.95. The highest BCUT2D eigenvalue weighted by atomic mass is 79.9. The van der Waals surface area contributed by atoms with E-state index in [1.54, 1.807) is 11.3 Å². The lowest BCUT2D eigenvalue weighted by Crippen LogP contribution is -1.99. The Morgan fingerprint density at radius 2 is 1.81 bits per heavy atom. The molecule has 2 nitrogen and oxygen atoms in total. The van der Waals surface area contributed by atoms with Crippen LogP contribution in [0.5, 0.6) is 0 Å². The zero-order valence-electron chi connectivity index (χ0n) is 12.1. The van der Waals surface area contributed by atoms with Crippen molar-refractivity contribution in [3.8, 4) is 0 Å². The van der Waals surface area contributed by atoms with Crippen LogP contribution >= 0.6 is 27.3 Å². The van der Waals surface area contributed by atoms with Crippen molar-refractivity contribution in [1.82, 2.24) is 4.98 Å². The Morgan fingerprint density at radius 3 is 2.48 bits per heavy atom. The van der Waals surface area contributed by atoms with Crippen molar-refractivity contribution < 1.29 is 0 Å². The molecule has 1 N–H and O–H groups in total. The first-order chi connectivity index (χ1) is 10.2. The number of nitrogens with zero attached hydrogens (tertiary/aromatic N) is 1. The van der Waals surface area contributed by atoms with E-state index in [0.717, 1.165) is 28.0 Å². The maximum atomic E-state index is 4.69. The van der Waals surface area contributed by atoms with Gasteiger partial charge in [0.1, 0.15) is 0 Å². The molecule has 0 amide bonds. The maximum absolute atomic E-state index is 4.69. The second kappa shape index (κ2) is 6.16. The molecule has 0 saturated carbocycles. The third kappa shape index (κ3) is 2.97. The SMILES string of the molecule is CCc1cccc(CC)c1Nc1nc2ccc(Br)cc2s1. The van der Waals surface area contributed by atoms with Gasteiger partial charge in [-0.05, 0) is 42.2 Å². The van der Waals surface area contributed by atoms with Crippen LogP contribution in [0.15, 0.2) is 40.9 Å². The van der Waals surface area contributed by atoms with Gasteiger partial charge in [-0.15, -0.1) is 0 Å². The Balaban J connectivity index is 2.02. The summed E-state index contributed by atoms with van der Waals surface area (Å²) in [6.07, 6.45) is 2.04. The number of hydrogen-bond donors (Lipinski definition) is 1. The van der Waals surface area contributed by atoms with Gasteiger partial charge in [-0.25, -0.2) is 4.98 Å². The standard InChI is InChI=1S/C17H17BrN2S/c1-3-11-6-5-7-12(4-2)16(11)20-17-19-14-9-8-13(18)10-15(14)21-17/h5-10H,3-4H2,1-2H3,(H,19,20). The quantitative estimate of drug-likeness (QED) is 0.623. The number of benzene rings is 2. The number of thiazole rings is 1. The fourth-order valence-corrected chi connectivity index (χ4v) is 3.88. The molecule has 0 unspecified atom stereocenters. The van der Waals surface area contributed by atoms with E-state index in [1.807, 2.05) is 12.1 Å². The number of anilines is 2. The Bertz CT molecular complexity index is 757. The van der Waals surface area contributed by atoms with Crippen molar-refractivity contribution in [2.75, 3.05) is 5.32 Å². The van der Waals surface area contributed by atoms with E-state index in [4.69, 9.17) is 0 Å². The Hall–Kier alpha value is -1.39. The molecule has 21 heavy (non-hydrogen) atoms. The summed E-state index contributed by atoms with van der Waals surface area (Å²) in [6.45, 7) is 4.38. The molecule has 0 fully saturated rings. The number of fused-ring (bicyclic) bond motifs is 1. The van der Waals surface area contributed by atoms with Gasteiger partial charge in [-0.1, -0.05) is 59.3 Å². The van der Waals surface area contributed by atoms with Crippen molar-refractivity contribution in [3.05, 3.63) is 52.0 Å². The zero-order valence-corrected chi connectivity index (χ0v) is 14.5. The number of aryl methyl sites for hydroxylation is 2. The molecule has 1 aromatic heterocycles. The lowest BCUT2D eigenvalue weighted by atomic mass is 10.0. The van der Waals surface area contributed by atoms with Gasteiger partial charge in [0.2, 0.25) is 0 Å². The van der Waals surface area contributed by atoms with Crippen molar-refractivity contribution >= 4 is 48.3 Å². The minimum Gasteiger partial charge on any atom is -0.331 e. The minimum atomic E-state index is 0.957. The zero-order chi connectivity index (χ0) is 14.8. The Morgan fingerprint density at radius 1 is 1.10 bits per heavy atom. The van der Waals surface area contributed by atoms with Gasteiger partial charge < -0.3 is 5.32 Å². The van der Waals surface area contributed by atoms with Crippen LogP contribution in [0.3, 0.4) is 0 Å². The van der Waals surface area contributed by atoms with E-state index in [9.17, 15) is 0 Å². The van der Waals surface area contributed by atoms with Gasteiger partial charge in [-0.2, -0.15) is 0 Å². The van der Waals surface area contributed by atoms with E-state index in [0.29, 0.717) is 0 Å². The van der Waals surface area contributed by atoms with Crippen molar-refractivity contribution in [3.63, 3.8) is 0 Å². The summed E-state index contributed by atoms with van der Waals surface area (Å²) in [5, 5.41) is 4.50. The van der Waals surface area contributed by atoms with Gasteiger partial charge in [0.15, 0.2) is 5.13 Å². The molecule has 3 rings (SSSR count). The monoisotopic (exact) mass is 360 g/mol. The van der Waals surface area contributed by atoms with Gasteiger partial charge in [-0.3, -0.25) is 0 Å². The molecule has 2 aromatic carbocycles. The minimum absolute atomic E-state index is 0.957. The molecule has 4 heteroatoms. The molecule has 0 spiro atoms. The lowest BCUT2D eigenvalue weighted by Gasteiger charge is -2.13. The van der Waals surface area contributed by atoms with Gasteiger partial charge in [0.05, 0.1) is 10.2 Å². The van der Waals surface area contributed by atoms with Gasteiger partial charge in [0.25, 0.3) is 0 Å². The summed E-state index contributed by atoms with van der Waals surface area (Å²) in [4.78, 5) is 4.69. The second-order valence-electron chi connectivity index (χ2n) is 4.91. The molecule has 0 radical (unpaired) electrons. The van der Waals surface area contributed by atoms with Crippen molar-refractivity contribution in [2.45, 2.75) is 26.7 Å². The second-order valence-corrected chi connectivity index (χ2v) is 6.86. The number of hydrogen-bond acceptors (Lipinski definition) is 3. The third-order valence-corrected chi connectivity index (χ3v) is 5.01. The molecular formula is C17H17BrN2S. The largest absolute Gasteiger partial charge is 0.331 e. The first-order valence-corrected chi connectivity index (χ1v) is 8.76. The topological polar surface area (TPSA) is 24.9 Å². The summed E-state index contributed by atoms with van der Waals surface area (Å²) in [5.74, 6) is 0. The van der Waals surface area contributed by atoms with Crippen LogP contribution in [0, 0.1) is 0 Å². The van der Waals surface area contributed by atoms with Gasteiger partial charge in [0, 0.05) is 10.2 Å². The highest BCUT2D eigenvalue weighted by Crippen LogP contribution is 2.32. The van der Waals surface area contributed by atoms with Crippen LogP contribution in [-0.4, -0.2) is 4.98 Å². The molecule has 0 saturated heterocycles. The molecule has 0 aliphatic heterocycles. The van der Waals surface area contributed by atoms with Crippen LogP contribution in [0.1, 0.15) is 25.0 Å². The summed E-state index contributed by atoms with van der Waals surface area (Å²) >= 11 is 5.21. The molecular weight excluding hydrogens is 344 g/mol. The Kier molecular flexibility index (Phi) is 4.27. The van der Waals surface area contributed by atoms with E-state index >= 15 is 0 Å². The van der Waals surface area contributed by atoms with Crippen LogP contribution in [0.25, 0.3) is 10.2 Å². The van der Waals surface area contributed by atoms with E-state index in [-0.39, 0.29) is 0 Å². The average Bonchev–Trinajstić information content (AvgIpc) is 2.88. The highest BCUT2D eigenvalue weighted by Gasteiger charge is 2.10. The predicted molar refractivity (Wildman–Crippen MR) is 95.8 cm³/mol. The highest BCUT2D eigenvalue weighted by molar-refractivity contribution is 9.10. The molecule has 108 valence electrons. The fraction of sp³-hybridized carbons (Fsp3) is 0.235. The van der Waals surface area contributed by atoms with Crippen LogP contribution in [0.2, 0.25) is 0 Å². The fourth-order valence-electron chi connectivity index (χ4n) is 2.46. The number of rotatable bonds is 4. The van der Waals surface area contributed by atoms with Crippen molar-refractivity contribution in [1.29, 1.82) is 0 Å². The third-order valence-electron chi connectivity index (χ3n) is 3.58. The Labute approximate surface area is 137 Å². The lowest BCUT2D eigenvalue weighted by molar-refractivity contribution is 1.09. The number of nitrogens with one attached hydrogen (secondary N) is 1. The normalized spacial score (nSPS) is 11.0. The maximum Gasteiger partial charge on any atom is 0.188 e.